The van der Waals surface area contributed by atoms with Crippen molar-refractivity contribution in [2.24, 2.45) is 0 Å². The normalized spacial score (nSPS) is 10.7. The maximum absolute atomic E-state index is 13.4. The van der Waals surface area contributed by atoms with Crippen LogP contribution in [0.15, 0.2) is 125 Å². The number of carbonyl (C=O) groups excluding carboxylic acids is 1. The molecule has 0 aliphatic heterocycles. The van der Waals surface area contributed by atoms with Crippen LogP contribution in [0.4, 0.5) is 0 Å². The van der Waals surface area contributed by atoms with Gasteiger partial charge in [-0.15, -0.1) is 0 Å². The lowest BCUT2D eigenvalue weighted by Crippen LogP contribution is -3.00. The lowest BCUT2D eigenvalue weighted by Gasteiger charge is -2.29. The molecule has 34 heavy (non-hydrogen) atoms. The number of nitrogens with one attached hydrogen (secondary N) is 1. The third-order valence-corrected chi connectivity index (χ3v) is 10.4. The first kappa shape index (κ1) is 26.0. The van der Waals surface area contributed by atoms with Crippen LogP contribution in [0.2, 0.25) is 0 Å². The number of amides is 1. The number of halogens is 3. The van der Waals surface area contributed by atoms with Crippen molar-refractivity contribution in [3.8, 4) is 0 Å². The van der Waals surface area contributed by atoms with Gasteiger partial charge in [-0.05, 0) is 55.5 Å². The molecule has 0 radical (unpaired) electrons. The van der Waals surface area contributed by atoms with Crippen LogP contribution in [-0.2, 0) is 0 Å². The summed E-state index contributed by atoms with van der Waals surface area (Å²) in [6, 6.07) is 37.8. The largest absolute Gasteiger partial charge is 1.00 e. The molecule has 0 saturated carbocycles. The van der Waals surface area contributed by atoms with E-state index in [1.54, 1.807) is 12.1 Å². The quantitative estimate of drug-likeness (QED) is 0.384. The maximum atomic E-state index is 13.4. The lowest BCUT2D eigenvalue weighted by molar-refractivity contribution is -0.0000146. The Kier molecular flexibility index (Phi) is 8.94. The molecule has 4 aromatic carbocycles. The molecule has 172 valence electrons. The highest BCUT2D eigenvalue weighted by Gasteiger charge is 2.52. The van der Waals surface area contributed by atoms with Gasteiger partial charge in [0.25, 0.3) is 5.91 Å². The predicted octanol–water partition coefficient (Wildman–Crippen LogP) is 3.33. The van der Waals surface area contributed by atoms with Gasteiger partial charge in [0.1, 0.15) is 15.9 Å². The fourth-order valence-corrected chi connectivity index (χ4v) is 8.84. The Balaban J connectivity index is 0.00000324. The van der Waals surface area contributed by atoms with Crippen molar-refractivity contribution in [2.45, 2.75) is 6.92 Å². The highest BCUT2D eigenvalue weighted by Crippen LogP contribution is 2.63. The summed E-state index contributed by atoms with van der Waals surface area (Å²) in [4.78, 5) is 13.4. The summed E-state index contributed by atoms with van der Waals surface area (Å²) in [6.07, 6.45) is 0. The van der Waals surface area contributed by atoms with E-state index in [1.807, 2.05) is 73.7 Å². The summed E-state index contributed by atoms with van der Waals surface area (Å²) in [6.45, 7) is 1.99. The zero-order chi connectivity index (χ0) is 23.3. The van der Waals surface area contributed by atoms with Crippen LogP contribution in [0.25, 0.3) is 0 Å². The molecule has 0 bridgehead atoms. The Labute approximate surface area is 217 Å². The van der Waals surface area contributed by atoms with Gasteiger partial charge in [-0.2, -0.15) is 0 Å². The third-order valence-electron chi connectivity index (χ3n) is 5.49. The van der Waals surface area contributed by atoms with Crippen molar-refractivity contribution >= 4 is 52.3 Å². The fraction of sp³-hybridized carbons (Fsp3) is 0.0357. The molecular formula is C28H23Cl3NOP. The standard InChI is InChI=1S/C28H22Cl2NOP.ClH/c1-21-17-19-22(20-18-21)27(32)31-28(26(29)30)33(23-11-5-2-6-12-23,24-13-7-3-8-14-24)25-15-9-4-10-16-25;/h2-20H,1H3;1H. The van der Waals surface area contributed by atoms with Crippen molar-refractivity contribution in [2.75, 3.05) is 0 Å². The molecule has 0 aliphatic rings. The average Bonchev–Trinajstić information content (AvgIpc) is 2.86. The van der Waals surface area contributed by atoms with E-state index in [2.05, 4.69) is 41.7 Å². The van der Waals surface area contributed by atoms with Crippen molar-refractivity contribution in [1.82, 2.24) is 5.32 Å². The Hall–Kier alpha value is -2.61. The SMILES string of the molecule is Cc1ccc(C(=O)NC(=C(Cl)Cl)[P+](c2ccccc2)(c2ccccc2)c2ccccc2)cc1.[Cl-]. The van der Waals surface area contributed by atoms with Gasteiger partial charge in [0.2, 0.25) is 5.44 Å². The van der Waals surface area contributed by atoms with Crippen LogP contribution in [0.1, 0.15) is 15.9 Å². The van der Waals surface area contributed by atoms with Crippen LogP contribution in [0.3, 0.4) is 0 Å². The summed E-state index contributed by atoms with van der Waals surface area (Å²) < 4.78 is 0.0420. The molecule has 0 aliphatic carbocycles. The number of benzene rings is 4. The third kappa shape index (κ3) is 5.22. The number of carbonyl (C=O) groups is 1. The minimum absolute atomic E-state index is 0. The molecule has 0 aromatic heterocycles. The lowest BCUT2D eigenvalue weighted by atomic mass is 10.1. The molecule has 2 nitrogen and oxygen atoms in total. The first-order valence-corrected chi connectivity index (χ1v) is 13.1. The number of hydrogen-bond acceptors (Lipinski definition) is 1. The monoisotopic (exact) mass is 525 g/mol. The minimum atomic E-state index is -2.62. The Morgan fingerprint density at radius 3 is 1.38 bits per heavy atom. The van der Waals surface area contributed by atoms with E-state index in [1.165, 1.54) is 0 Å². The van der Waals surface area contributed by atoms with E-state index in [0.29, 0.717) is 11.0 Å². The second kappa shape index (κ2) is 11.7. The molecule has 4 rings (SSSR count). The number of aryl methyl sites for hydroxylation is 1. The molecule has 6 heteroatoms. The zero-order valence-corrected chi connectivity index (χ0v) is 21.6. The summed E-state index contributed by atoms with van der Waals surface area (Å²) in [5.74, 6) is -0.254. The second-order valence-corrected chi connectivity index (χ2v) is 11.9. The van der Waals surface area contributed by atoms with E-state index in [4.69, 9.17) is 23.2 Å². The smallest absolute Gasteiger partial charge is 0.258 e. The van der Waals surface area contributed by atoms with Gasteiger partial charge < -0.3 is 12.4 Å². The van der Waals surface area contributed by atoms with E-state index in [0.717, 1.165) is 21.5 Å². The van der Waals surface area contributed by atoms with Gasteiger partial charge in [0, 0.05) is 5.56 Å². The van der Waals surface area contributed by atoms with Crippen LogP contribution < -0.4 is 33.6 Å². The highest BCUT2D eigenvalue weighted by atomic mass is 35.5. The number of rotatable bonds is 6. The van der Waals surface area contributed by atoms with Crippen molar-refractivity contribution < 1.29 is 17.2 Å². The Bertz CT molecular complexity index is 1160. The first-order valence-electron chi connectivity index (χ1n) is 10.5. The molecule has 0 atom stereocenters. The number of hydrogen-bond donors (Lipinski definition) is 1. The van der Waals surface area contributed by atoms with Crippen LogP contribution in [0.5, 0.6) is 0 Å². The first-order chi connectivity index (χ1) is 16.0. The second-order valence-electron chi connectivity index (χ2n) is 7.61. The molecule has 4 aromatic rings. The summed E-state index contributed by atoms with van der Waals surface area (Å²) in [5, 5.41) is 6.24. The minimum Gasteiger partial charge on any atom is -1.00 e. The highest BCUT2D eigenvalue weighted by molar-refractivity contribution is 7.99. The fourth-order valence-electron chi connectivity index (χ4n) is 3.93. The van der Waals surface area contributed by atoms with Crippen molar-refractivity contribution in [3.05, 3.63) is 136 Å². The zero-order valence-electron chi connectivity index (χ0n) is 18.5. The molecule has 0 fully saturated rings. The molecular weight excluding hydrogens is 504 g/mol. The van der Waals surface area contributed by atoms with E-state index < -0.39 is 7.26 Å². The Morgan fingerprint density at radius 1 is 0.647 bits per heavy atom. The van der Waals surface area contributed by atoms with Gasteiger partial charge in [-0.25, -0.2) is 0 Å². The average molecular weight is 527 g/mol. The summed E-state index contributed by atoms with van der Waals surface area (Å²) in [7, 11) is -2.62. The summed E-state index contributed by atoms with van der Waals surface area (Å²) >= 11 is 13.2. The van der Waals surface area contributed by atoms with Crippen LogP contribution in [-0.4, -0.2) is 5.91 Å². The predicted molar refractivity (Wildman–Crippen MR) is 143 cm³/mol. The van der Waals surface area contributed by atoms with Crippen LogP contribution in [0, 0.1) is 6.92 Å². The van der Waals surface area contributed by atoms with Crippen LogP contribution >= 0.6 is 30.5 Å². The molecule has 0 saturated heterocycles. The van der Waals surface area contributed by atoms with Gasteiger partial charge in [0.15, 0.2) is 11.8 Å². The summed E-state index contributed by atoms with van der Waals surface area (Å²) in [5.41, 5.74) is 2.14. The molecule has 0 heterocycles. The van der Waals surface area contributed by atoms with Gasteiger partial charge in [-0.3, -0.25) is 10.1 Å². The molecule has 1 amide bonds. The van der Waals surface area contributed by atoms with Gasteiger partial charge in [0.05, 0.1) is 0 Å². The van der Waals surface area contributed by atoms with Crippen molar-refractivity contribution in [1.29, 1.82) is 0 Å². The molecule has 0 unspecified atom stereocenters. The maximum Gasteiger partial charge on any atom is 0.258 e. The molecule has 0 spiro atoms. The van der Waals surface area contributed by atoms with E-state index in [-0.39, 0.29) is 22.8 Å². The van der Waals surface area contributed by atoms with Crippen molar-refractivity contribution in [3.63, 3.8) is 0 Å². The topological polar surface area (TPSA) is 29.1 Å². The Morgan fingerprint density at radius 2 is 1.03 bits per heavy atom. The van der Waals surface area contributed by atoms with Gasteiger partial charge in [-0.1, -0.05) is 95.5 Å². The van der Waals surface area contributed by atoms with E-state index >= 15 is 0 Å². The van der Waals surface area contributed by atoms with E-state index in [9.17, 15) is 4.79 Å². The van der Waals surface area contributed by atoms with Gasteiger partial charge >= 0.3 is 0 Å². The molecule has 1 N–H and O–H groups in total.